The van der Waals surface area contributed by atoms with Crippen molar-refractivity contribution >= 4 is 34.6 Å². The molecule has 22 heavy (non-hydrogen) atoms. The van der Waals surface area contributed by atoms with E-state index in [2.05, 4.69) is 10.4 Å². The first-order valence-corrected chi connectivity index (χ1v) is 7.99. The van der Waals surface area contributed by atoms with Gasteiger partial charge in [0.2, 0.25) is 0 Å². The second kappa shape index (κ2) is 6.22. The number of thiophene rings is 1. The standard InChI is InChI=1S/C15H18ClN3O2S/c1-15(2,3)12-7-9(19(4)18-12)14(21)17-8-10(20)11-5-6-13(16)22-11/h5-7H,8H2,1-4H3,(H,17,21). The number of aryl methyl sites for hydroxylation is 1. The Hall–Kier alpha value is -1.66. The first-order chi connectivity index (χ1) is 10.2. The van der Waals surface area contributed by atoms with Gasteiger partial charge in [-0.3, -0.25) is 14.3 Å². The van der Waals surface area contributed by atoms with Gasteiger partial charge in [-0.15, -0.1) is 11.3 Å². The molecule has 2 rings (SSSR count). The van der Waals surface area contributed by atoms with Gasteiger partial charge in [0.1, 0.15) is 5.69 Å². The van der Waals surface area contributed by atoms with E-state index >= 15 is 0 Å². The van der Waals surface area contributed by atoms with Crippen molar-refractivity contribution in [3.8, 4) is 0 Å². The van der Waals surface area contributed by atoms with E-state index in [0.29, 0.717) is 14.9 Å². The molecule has 2 aromatic heterocycles. The Morgan fingerprint density at radius 3 is 2.55 bits per heavy atom. The van der Waals surface area contributed by atoms with E-state index in [1.807, 2.05) is 20.8 Å². The topological polar surface area (TPSA) is 64.0 Å². The van der Waals surface area contributed by atoms with Crippen molar-refractivity contribution in [3.63, 3.8) is 0 Å². The Morgan fingerprint density at radius 2 is 2.05 bits per heavy atom. The van der Waals surface area contributed by atoms with E-state index in [1.165, 1.54) is 16.0 Å². The lowest BCUT2D eigenvalue weighted by Gasteiger charge is -2.13. The van der Waals surface area contributed by atoms with Gasteiger partial charge in [-0.1, -0.05) is 32.4 Å². The van der Waals surface area contributed by atoms with Gasteiger partial charge in [-0.05, 0) is 18.2 Å². The molecule has 118 valence electrons. The largest absolute Gasteiger partial charge is 0.343 e. The summed E-state index contributed by atoms with van der Waals surface area (Å²) in [6, 6.07) is 5.07. The van der Waals surface area contributed by atoms with Crippen LogP contribution in [0, 0.1) is 0 Å². The molecule has 0 bridgehead atoms. The van der Waals surface area contributed by atoms with Crippen LogP contribution in [0.15, 0.2) is 18.2 Å². The second-order valence-corrected chi connectivity index (χ2v) is 7.71. The lowest BCUT2D eigenvalue weighted by Crippen LogP contribution is -2.30. The van der Waals surface area contributed by atoms with Crippen LogP contribution in [-0.2, 0) is 12.5 Å². The highest BCUT2D eigenvalue weighted by Gasteiger charge is 2.22. The van der Waals surface area contributed by atoms with Gasteiger partial charge in [0.25, 0.3) is 5.91 Å². The summed E-state index contributed by atoms with van der Waals surface area (Å²) in [5.74, 6) is -0.482. The number of hydrogen-bond donors (Lipinski definition) is 1. The van der Waals surface area contributed by atoms with Crippen LogP contribution in [0.1, 0.15) is 46.6 Å². The molecule has 0 atom stereocenters. The first kappa shape index (κ1) is 16.7. The van der Waals surface area contributed by atoms with Crippen molar-refractivity contribution in [3.05, 3.63) is 38.8 Å². The van der Waals surface area contributed by atoms with Crippen LogP contribution < -0.4 is 5.32 Å². The summed E-state index contributed by atoms with van der Waals surface area (Å²) < 4.78 is 2.08. The van der Waals surface area contributed by atoms with Gasteiger partial charge in [-0.2, -0.15) is 5.10 Å². The number of carbonyl (C=O) groups is 2. The molecule has 7 heteroatoms. The van der Waals surface area contributed by atoms with Crippen molar-refractivity contribution in [2.24, 2.45) is 7.05 Å². The molecule has 0 aromatic carbocycles. The zero-order chi connectivity index (χ0) is 16.5. The van der Waals surface area contributed by atoms with Crippen molar-refractivity contribution in [1.82, 2.24) is 15.1 Å². The minimum absolute atomic E-state index is 0.0638. The maximum atomic E-state index is 12.2. The number of rotatable bonds is 4. The maximum absolute atomic E-state index is 12.2. The van der Waals surface area contributed by atoms with E-state index in [1.54, 1.807) is 25.2 Å². The fourth-order valence-electron chi connectivity index (χ4n) is 1.85. The molecule has 0 spiro atoms. The molecular weight excluding hydrogens is 322 g/mol. The fraction of sp³-hybridized carbons (Fsp3) is 0.400. The SMILES string of the molecule is Cn1nc(C(C)(C)C)cc1C(=O)NCC(=O)c1ccc(Cl)s1. The molecule has 0 radical (unpaired) electrons. The lowest BCUT2D eigenvalue weighted by atomic mass is 9.92. The summed E-state index contributed by atoms with van der Waals surface area (Å²) in [6.07, 6.45) is 0. The van der Waals surface area contributed by atoms with Gasteiger partial charge in [0.15, 0.2) is 5.78 Å². The predicted octanol–water partition coefficient (Wildman–Crippen LogP) is 3.05. The van der Waals surface area contributed by atoms with Crippen molar-refractivity contribution < 1.29 is 9.59 Å². The summed E-state index contributed by atoms with van der Waals surface area (Å²) in [7, 11) is 1.71. The Bertz CT molecular complexity index is 713. The van der Waals surface area contributed by atoms with Crippen LogP contribution in [0.4, 0.5) is 0 Å². The van der Waals surface area contributed by atoms with Crippen LogP contribution in [0.5, 0.6) is 0 Å². The quantitative estimate of drug-likeness (QED) is 0.871. The summed E-state index contributed by atoms with van der Waals surface area (Å²) in [4.78, 5) is 24.7. The van der Waals surface area contributed by atoms with Gasteiger partial charge in [0.05, 0.1) is 21.5 Å². The Kier molecular flexibility index (Phi) is 4.72. The summed E-state index contributed by atoms with van der Waals surface area (Å²) in [5.41, 5.74) is 1.12. The van der Waals surface area contributed by atoms with Crippen LogP contribution in [-0.4, -0.2) is 28.0 Å². The van der Waals surface area contributed by atoms with Crippen LogP contribution in [0.2, 0.25) is 4.34 Å². The Labute approximate surface area is 138 Å². The molecule has 0 aliphatic heterocycles. The predicted molar refractivity (Wildman–Crippen MR) is 87.9 cm³/mol. The molecule has 0 aliphatic rings. The number of hydrogen-bond acceptors (Lipinski definition) is 4. The third-order valence-corrected chi connectivity index (χ3v) is 4.41. The molecule has 0 aliphatic carbocycles. The zero-order valence-corrected chi connectivity index (χ0v) is 14.5. The first-order valence-electron chi connectivity index (χ1n) is 6.80. The van der Waals surface area contributed by atoms with Gasteiger partial charge in [-0.25, -0.2) is 0 Å². The number of ketones is 1. The van der Waals surface area contributed by atoms with E-state index in [9.17, 15) is 9.59 Å². The van der Waals surface area contributed by atoms with E-state index < -0.39 is 0 Å². The molecule has 0 unspecified atom stereocenters. The highest BCUT2D eigenvalue weighted by atomic mass is 35.5. The minimum Gasteiger partial charge on any atom is -0.343 e. The maximum Gasteiger partial charge on any atom is 0.269 e. The van der Waals surface area contributed by atoms with Gasteiger partial charge >= 0.3 is 0 Å². The molecule has 1 N–H and O–H groups in total. The lowest BCUT2D eigenvalue weighted by molar-refractivity contribution is 0.0899. The number of nitrogens with one attached hydrogen (secondary N) is 1. The average Bonchev–Trinajstić information content (AvgIpc) is 3.01. The molecule has 2 aromatic rings. The summed E-state index contributed by atoms with van der Waals surface area (Å²) >= 11 is 7.00. The third kappa shape index (κ3) is 3.75. The van der Waals surface area contributed by atoms with Crippen LogP contribution >= 0.6 is 22.9 Å². The average molecular weight is 340 g/mol. The molecule has 0 saturated carbocycles. The van der Waals surface area contributed by atoms with Crippen LogP contribution in [0.25, 0.3) is 0 Å². The summed E-state index contributed by atoms with van der Waals surface area (Å²) in [5, 5.41) is 6.97. The zero-order valence-electron chi connectivity index (χ0n) is 12.9. The Balaban J connectivity index is 2.04. The molecule has 0 fully saturated rings. The second-order valence-electron chi connectivity index (χ2n) is 6.00. The van der Waals surface area contributed by atoms with E-state index in [0.717, 1.165) is 5.69 Å². The monoisotopic (exact) mass is 339 g/mol. The number of Topliss-reactive ketones (excluding diaryl/α,β-unsaturated/α-hetero) is 1. The number of carbonyl (C=O) groups excluding carboxylic acids is 2. The number of aromatic nitrogens is 2. The number of nitrogens with zero attached hydrogens (tertiary/aromatic N) is 2. The smallest absolute Gasteiger partial charge is 0.269 e. The molecule has 0 saturated heterocycles. The summed E-state index contributed by atoms with van der Waals surface area (Å²) in [6.45, 7) is 6.02. The molecule has 1 amide bonds. The number of halogens is 1. The van der Waals surface area contributed by atoms with Crippen molar-refractivity contribution in [2.75, 3.05) is 6.54 Å². The minimum atomic E-state index is -0.318. The molecule has 2 heterocycles. The van der Waals surface area contributed by atoms with E-state index in [-0.39, 0.29) is 23.7 Å². The Morgan fingerprint density at radius 1 is 1.36 bits per heavy atom. The molecular formula is C15H18ClN3O2S. The highest BCUT2D eigenvalue weighted by Crippen LogP contribution is 2.22. The van der Waals surface area contributed by atoms with Gasteiger partial charge < -0.3 is 5.32 Å². The molecule has 5 nitrogen and oxygen atoms in total. The van der Waals surface area contributed by atoms with Crippen molar-refractivity contribution in [1.29, 1.82) is 0 Å². The highest BCUT2D eigenvalue weighted by molar-refractivity contribution is 7.18. The number of amides is 1. The van der Waals surface area contributed by atoms with Crippen LogP contribution in [0.3, 0.4) is 0 Å². The normalized spacial score (nSPS) is 11.5. The van der Waals surface area contributed by atoms with Gasteiger partial charge in [0, 0.05) is 12.5 Å². The van der Waals surface area contributed by atoms with Crippen molar-refractivity contribution in [2.45, 2.75) is 26.2 Å². The fourth-order valence-corrected chi connectivity index (χ4v) is 2.83. The third-order valence-electron chi connectivity index (χ3n) is 3.14. The van der Waals surface area contributed by atoms with E-state index in [4.69, 9.17) is 11.6 Å².